The second-order valence-electron chi connectivity index (χ2n) is 9.59. The number of anilines is 3. The minimum atomic E-state index is -0.334. The Labute approximate surface area is 221 Å². The minimum absolute atomic E-state index is 0.125. The number of carbonyl (C=O) groups is 1. The van der Waals surface area contributed by atoms with Crippen LogP contribution < -0.4 is 16.0 Å². The van der Waals surface area contributed by atoms with Crippen LogP contribution in [-0.2, 0) is 6.54 Å². The molecule has 1 fully saturated rings. The fraction of sp³-hybridized carbons (Fsp3) is 0.241. The molecule has 9 heteroatoms. The first-order chi connectivity index (χ1) is 18.3. The molecule has 3 aromatic carbocycles. The van der Waals surface area contributed by atoms with Crippen molar-refractivity contribution in [2.24, 2.45) is 0 Å². The normalized spacial score (nSPS) is 14.0. The number of nitro groups is 1. The van der Waals surface area contributed by atoms with E-state index in [2.05, 4.69) is 20.1 Å². The molecule has 0 unspecified atom stereocenters. The lowest BCUT2D eigenvalue weighted by atomic mass is 10.0. The second kappa shape index (κ2) is 10.5. The molecule has 5 rings (SSSR count). The van der Waals surface area contributed by atoms with Crippen molar-refractivity contribution in [2.75, 3.05) is 42.1 Å². The van der Waals surface area contributed by atoms with Crippen molar-refractivity contribution in [3.63, 3.8) is 0 Å². The zero-order valence-electron chi connectivity index (χ0n) is 21.5. The van der Waals surface area contributed by atoms with Gasteiger partial charge in [0, 0.05) is 66.8 Å². The second-order valence-corrected chi connectivity index (χ2v) is 9.59. The summed E-state index contributed by atoms with van der Waals surface area (Å²) in [7, 11) is 0. The zero-order chi connectivity index (χ0) is 26.8. The summed E-state index contributed by atoms with van der Waals surface area (Å²) in [5, 5.41) is 15.3. The summed E-state index contributed by atoms with van der Waals surface area (Å²) < 4.78 is 0. The van der Waals surface area contributed by atoms with Gasteiger partial charge in [-0.3, -0.25) is 24.8 Å². The average Bonchev–Trinajstić information content (AvgIpc) is 2.93. The van der Waals surface area contributed by atoms with E-state index < -0.39 is 0 Å². The van der Waals surface area contributed by atoms with Gasteiger partial charge >= 0.3 is 0 Å². The highest BCUT2D eigenvalue weighted by Gasteiger charge is 2.24. The van der Waals surface area contributed by atoms with E-state index in [-0.39, 0.29) is 16.5 Å². The molecule has 0 aliphatic carbocycles. The number of amides is 1. The van der Waals surface area contributed by atoms with Gasteiger partial charge in [0.25, 0.3) is 11.6 Å². The minimum Gasteiger partial charge on any atom is -0.398 e. The number of piperazine rings is 1. The van der Waals surface area contributed by atoms with Gasteiger partial charge in [0.2, 0.25) is 0 Å². The number of fused-ring (bicyclic) bond motifs is 1. The van der Waals surface area contributed by atoms with Crippen molar-refractivity contribution >= 4 is 39.6 Å². The van der Waals surface area contributed by atoms with Crippen molar-refractivity contribution in [3.8, 4) is 0 Å². The van der Waals surface area contributed by atoms with Crippen molar-refractivity contribution in [1.29, 1.82) is 0 Å². The number of nitrogen functional groups attached to an aromatic ring is 1. The number of benzene rings is 3. The van der Waals surface area contributed by atoms with Gasteiger partial charge in [0.05, 0.1) is 10.4 Å². The van der Waals surface area contributed by atoms with E-state index in [0.29, 0.717) is 42.3 Å². The van der Waals surface area contributed by atoms with Crippen molar-refractivity contribution in [1.82, 2.24) is 9.88 Å². The van der Waals surface area contributed by atoms with Gasteiger partial charge in [0.15, 0.2) is 0 Å². The van der Waals surface area contributed by atoms with Gasteiger partial charge in [-0.1, -0.05) is 30.3 Å². The molecule has 0 bridgehead atoms. The monoisotopic (exact) mass is 510 g/mol. The molecule has 0 atom stereocenters. The van der Waals surface area contributed by atoms with E-state index in [9.17, 15) is 14.9 Å². The number of carbonyl (C=O) groups excluding carboxylic acids is 1. The average molecular weight is 511 g/mol. The zero-order valence-corrected chi connectivity index (χ0v) is 21.5. The number of para-hydroxylation sites is 2. The molecule has 1 aliphatic heterocycles. The molecule has 0 saturated carbocycles. The first-order valence-corrected chi connectivity index (χ1v) is 12.6. The highest BCUT2D eigenvalue weighted by molar-refractivity contribution is 6.06. The van der Waals surface area contributed by atoms with Crippen LogP contribution in [0.5, 0.6) is 0 Å². The standard InChI is InChI=1S/C29H30N6O3/c1-19-20(2)31-25-12-11-22(17-24(25)28(19)30)32-29(36)23-8-4-3-7-21(23)18-33-13-15-34(16-14-33)26-9-5-6-10-27(26)35(37)38/h3-12,17H,13-16,18H2,1-2H3,(H2,30,31)(H,32,36). The topological polar surface area (TPSA) is 118 Å². The number of rotatable bonds is 6. The molecule has 1 aliphatic rings. The SMILES string of the molecule is Cc1nc2ccc(NC(=O)c3ccccc3CN3CCN(c4ccccc4[N+](=O)[O-])CC3)cc2c(N)c1C. The van der Waals surface area contributed by atoms with E-state index in [1.54, 1.807) is 18.2 Å². The van der Waals surface area contributed by atoms with Gasteiger partial charge in [-0.2, -0.15) is 0 Å². The molecule has 1 aromatic heterocycles. The summed E-state index contributed by atoms with van der Waals surface area (Å²) in [4.78, 5) is 33.3. The van der Waals surface area contributed by atoms with E-state index in [0.717, 1.165) is 40.8 Å². The van der Waals surface area contributed by atoms with Crippen LogP contribution in [-0.4, -0.2) is 46.9 Å². The maximum atomic E-state index is 13.3. The quantitative estimate of drug-likeness (QED) is 0.279. The summed E-state index contributed by atoms with van der Waals surface area (Å²) in [5.41, 5.74) is 12.6. The third-order valence-electron chi connectivity index (χ3n) is 7.23. The summed E-state index contributed by atoms with van der Waals surface area (Å²) >= 11 is 0. The lowest BCUT2D eigenvalue weighted by Crippen LogP contribution is -2.46. The Balaban J connectivity index is 1.28. The van der Waals surface area contributed by atoms with Crippen molar-refractivity contribution in [2.45, 2.75) is 20.4 Å². The van der Waals surface area contributed by atoms with Crippen LogP contribution in [0.15, 0.2) is 66.7 Å². The van der Waals surface area contributed by atoms with E-state index in [1.807, 2.05) is 62.4 Å². The molecular formula is C29H30N6O3. The van der Waals surface area contributed by atoms with Crippen LogP contribution >= 0.6 is 0 Å². The number of hydrogen-bond donors (Lipinski definition) is 2. The van der Waals surface area contributed by atoms with Crippen molar-refractivity contribution in [3.05, 3.63) is 99.2 Å². The third-order valence-corrected chi connectivity index (χ3v) is 7.23. The van der Waals surface area contributed by atoms with Crippen LogP contribution in [0.2, 0.25) is 0 Å². The number of nitrogens with one attached hydrogen (secondary N) is 1. The predicted molar refractivity (Wildman–Crippen MR) is 151 cm³/mol. The maximum Gasteiger partial charge on any atom is 0.292 e. The first kappa shape index (κ1) is 25.2. The predicted octanol–water partition coefficient (Wildman–Crippen LogP) is 4.92. The maximum absolute atomic E-state index is 13.3. The molecule has 1 amide bonds. The highest BCUT2D eigenvalue weighted by Crippen LogP contribution is 2.30. The summed E-state index contributed by atoms with van der Waals surface area (Å²) in [5.74, 6) is -0.186. The Hall–Kier alpha value is -4.50. The number of nitrogens with zero attached hydrogens (tertiary/aromatic N) is 4. The van der Waals surface area contributed by atoms with Gasteiger partial charge in [0.1, 0.15) is 5.69 Å². The van der Waals surface area contributed by atoms with Crippen LogP contribution in [0.3, 0.4) is 0 Å². The number of pyridine rings is 1. The molecule has 9 nitrogen and oxygen atoms in total. The summed E-state index contributed by atoms with van der Waals surface area (Å²) in [6.45, 7) is 7.30. The molecule has 0 radical (unpaired) electrons. The fourth-order valence-corrected chi connectivity index (χ4v) is 4.94. The van der Waals surface area contributed by atoms with Gasteiger partial charge in [-0.05, 0) is 55.3 Å². The Morgan fingerprint density at radius 2 is 1.74 bits per heavy atom. The third kappa shape index (κ3) is 5.01. The number of hydrogen-bond acceptors (Lipinski definition) is 7. The van der Waals surface area contributed by atoms with Gasteiger partial charge in [-0.25, -0.2) is 0 Å². The Morgan fingerprint density at radius 3 is 2.50 bits per heavy atom. The van der Waals surface area contributed by atoms with E-state index >= 15 is 0 Å². The Morgan fingerprint density at radius 1 is 1.03 bits per heavy atom. The molecule has 2 heterocycles. The Kier molecular flexibility index (Phi) is 6.93. The number of nitrogens with two attached hydrogens (primary N) is 1. The number of aryl methyl sites for hydroxylation is 1. The fourth-order valence-electron chi connectivity index (χ4n) is 4.94. The number of aromatic nitrogens is 1. The molecular weight excluding hydrogens is 480 g/mol. The molecule has 1 saturated heterocycles. The van der Waals surface area contributed by atoms with Gasteiger partial charge < -0.3 is 16.0 Å². The van der Waals surface area contributed by atoms with E-state index in [1.165, 1.54) is 0 Å². The molecule has 0 spiro atoms. The van der Waals surface area contributed by atoms with Crippen molar-refractivity contribution < 1.29 is 9.72 Å². The highest BCUT2D eigenvalue weighted by atomic mass is 16.6. The molecule has 4 aromatic rings. The largest absolute Gasteiger partial charge is 0.398 e. The van der Waals surface area contributed by atoms with Crippen LogP contribution in [0.25, 0.3) is 10.9 Å². The van der Waals surface area contributed by atoms with E-state index in [4.69, 9.17) is 5.73 Å². The smallest absolute Gasteiger partial charge is 0.292 e. The lowest BCUT2D eigenvalue weighted by Gasteiger charge is -2.36. The molecule has 38 heavy (non-hydrogen) atoms. The Bertz CT molecular complexity index is 1530. The van der Waals surface area contributed by atoms with Crippen LogP contribution in [0, 0.1) is 24.0 Å². The first-order valence-electron chi connectivity index (χ1n) is 12.6. The lowest BCUT2D eigenvalue weighted by molar-refractivity contribution is -0.384. The summed E-state index contributed by atoms with van der Waals surface area (Å²) in [6, 6.07) is 20.0. The summed E-state index contributed by atoms with van der Waals surface area (Å²) in [6.07, 6.45) is 0. The van der Waals surface area contributed by atoms with Crippen LogP contribution in [0.4, 0.5) is 22.7 Å². The van der Waals surface area contributed by atoms with Gasteiger partial charge in [-0.15, -0.1) is 0 Å². The van der Waals surface area contributed by atoms with Crippen LogP contribution in [0.1, 0.15) is 27.2 Å². The molecule has 3 N–H and O–H groups in total. The number of nitro benzene ring substituents is 1. The molecule has 194 valence electrons.